The van der Waals surface area contributed by atoms with Gasteiger partial charge in [0.05, 0.1) is 7.11 Å². The number of ether oxygens (including phenoxy) is 2. The van der Waals surface area contributed by atoms with E-state index in [1.54, 1.807) is 37.4 Å². The van der Waals surface area contributed by atoms with Crippen LogP contribution < -0.4 is 20.7 Å². The van der Waals surface area contributed by atoms with E-state index < -0.39 is 0 Å². The summed E-state index contributed by atoms with van der Waals surface area (Å²) >= 11 is 5.99. The molecule has 0 bridgehead atoms. The average Bonchev–Trinajstić information content (AvgIpc) is 2.54. The van der Waals surface area contributed by atoms with Crippen molar-refractivity contribution in [2.45, 2.75) is 13.5 Å². The lowest BCUT2D eigenvalue weighted by Crippen LogP contribution is -2.30. The molecule has 0 heterocycles. The van der Waals surface area contributed by atoms with E-state index in [2.05, 4.69) is 5.43 Å². The summed E-state index contributed by atoms with van der Waals surface area (Å²) in [4.78, 5) is 11.6. The molecule has 116 valence electrons. The number of halogens is 1. The van der Waals surface area contributed by atoms with Crippen LogP contribution >= 0.6 is 11.6 Å². The molecule has 1 amide bonds. The third kappa shape index (κ3) is 3.69. The van der Waals surface area contributed by atoms with E-state index in [9.17, 15) is 4.79 Å². The second-order valence-electron chi connectivity index (χ2n) is 4.70. The molecule has 0 aliphatic heterocycles. The summed E-state index contributed by atoms with van der Waals surface area (Å²) < 4.78 is 11.0. The molecular weight excluding hydrogens is 304 g/mol. The summed E-state index contributed by atoms with van der Waals surface area (Å²) in [5.41, 5.74) is 4.22. The van der Waals surface area contributed by atoms with Gasteiger partial charge in [0.25, 0.3) is 5.91 Å². The number of carbonyl (C=O) groups is 1. The Morgan fingerprint density at radius 3 is 2.68 bits per heavy atom. The van der Waals surface area contributed by atoms with Crippen LogP contribution in [0.3, 0.4) is 0 Å². The zero-order valence-electron chi connectivity index (χ0n) is 12.4. The number of nitrogens with two attached hydrogens (primary N) is 1. The zero-order chi connectivity index (χ0) is 16.1. The number of nitrogen functional groups attached to an aromatic ring is 1. The van der Waals surface area contributed by atoms with Crippen LogP contribution in [0.4, 0.5) is 0 Å². The number of amides is 1. The molecule has 6 heteroatoms. The van der Waals surface area contributed by atoms with E-state index in [4.69, 9.17) is 26.9 Å². The topological polar surface area (TPSA) is 73.6 Å². The van der Waals surface area contributed by atoms with Crippen LogP contribution in [0.1, 0.15) is 21.5 Å². The van der Waals surface area contributed by atoms with Crippen LogP contribution in [0.15, 0.2) is 36.4 Å². The number of carbonyl (C=O) groups excluding carboxylic acids is 1. The van der Waals surface area contributed by atoms with Crippen LogP contribution in [0, 0.1) is 6.92 Å². The monoisotopic (exact) mass is 320 g/mol. The average molecular weight is 321 g/mol. The summed E-state index contributed by atoms with van der Waals surface area (Å²) in [6.45, 7) is 2.16. The first-order valence-electron chi connectivity index (χ1n) is 6.62. The number of benzene rings is 2. The van der Waals surface area contributed by atoms with E-state index in [1.165, 1.54) is 0 Å². The van der Waals surface area contributed by atoms with Gasteiger partial charge in [-0.2, -0.15) is 0 Å². The predicted octanol–water partition coefficient (Wildman–Crippen LogP) is 2.84. The number of hydrogen-bond donors (Lipinski definition) is 2. The van der Waals surface area contributed by atoms with Gasteiger partial charge < -0.3 is 9.47 Å². The third-order valence-corrected chi connectivity index (χ3v) is 3.62. The van der Waals surface area contributed by atoms with Gasteiger partial charge in [-0.05, 0) is 48.9 Å². The maximum Gasteiger partial charge on any atom is 0.265 e. The van der Waals surface area contributed by atoms with Crippen LogP contribution in [-0.2, 0) is 6.61 Å². The van der Waals surface area contributed by atoms with Gasteiger partial charge >= 0.3 is 0 Å². The molecule has 0 saturated carbocycles. The molecule has 0 aromatic heterocycles. The first kappa shape index (κ1) is 16.1. The van der Waals surface area contributed by atoms with Crippen molar-refractivity contribution in [1.82, 2.24) is 5.43 Å². The fourth-order valence-electron chi connectivity index (χ4n) is 1.98. The predicted molar refractivity (Wildman–Crippen MR) is 85.2 cm³/mol. The van der Waals surface area contributed by atoms with Gasteiger partial charge in [0.1, 0.15) is 18.1 Å². The van der Waals surface area contributed by atoms with Gasteiger partial charge in [-0.1, -0.05) is 11.6 Å². The Bertz CT molecular complexity index is 689. The molecule has 2 aromatic carbocycles. The lowest BCUT2D eigenvalue weighted by atomic mass is 10.1. The van der Waals surface area contributed by atoms with Crippen molar-refractivity contribution < 1.29 is 14.3 Å². The smallest absolute Gasteiger partial charge is 0.265 e. The number of aryl methyl sites for hydroxylation is 1. The molecule has 22 heavy (non-hydrogen) atoms. The molecule has 0 unspecified atom stereocenters. The van der Waals surface area contributed by atoms with Crippen molar-refractivity contribution in [2.24, 2.45) is 5.84 Å². The number of rotatable bonds is 5. The fourth-order valence-corrected chi connectivity index (χ4v) is 2.10. The van der Waals surface area contributed by atoms with Crippen LogP contribution in [0.2, 0.25) is 5.02 Å². The third-order valence-electron chi connectivity index (χ3n) is 3.20. The molecule has 0 saturated heterocycles. The first-order valence-corrected chi connectivity index (χ1v) is 6.99. The van der Waals surface area contributed by atoms with Gasteiger partial charge in [0.15, 0.2) is 0 Å². The molecule has 0 aliphatic carbocycles. The van der Waals surface area contributed by atoms with Gasteiger partial charge in [-0.3, -0.25) is 10.2 Å². The van der Waals surface area contributed by atoms with Crippen LogP contribution in [-0.4, -0.2) is 13.0 Å². The molecule has 2 aromatic rings. The number of hydrazine groups is 1. The van der Waals surface area contributed by atoms with Crippen molar-refractivity contribution in [1.29, 1.82) is 0 Å². The highest BCUT2D eigenvalue weighted by Gasteiger charge is 2.10. The number of nitrogens with one attached hydrogen (secondary N) is 1. The Morgan fingerprint density at radius 1 is 1.27 bits per heavy atom. The van der Waals surface area contributed by atoms with E-state index in [0.29, 0.717) is 22.1 Å². The number of methoxy groups -OCH3 is 1. The lowest BCUT2D eigenvalue weighted by Gasteiger charge is -2.12. The maximum absolute atomic E-state index is 11.6. The molecule has 2 rings (SSSR count). The van der Waals surface area contributed by atoms with E-state index in [0.717, 1.165) is 11.1 Å². The second kappa shape index (κ2) is 7.15. The molecule has 0 fully saturated rings. The van der Waals surface area contributed by atoms with Crippen LogP contribution in [0.25, 0.3) is 0 Å². The maximum atomic E-state index is 11.6. The molecular formula is C16H17ClN2O3. The second-order valence-corrected chi connectivity index (χ2v) is 5.11. The Hall–Kier alpha value is -2.24. The van der Waals surface area contributed by atoms with Crippen molar-refractivity contribution in [3.05, 3.63) is 58.1 Å². The minimum absolute atomic E-state index is 0.260. The standard InChI is InChI=1S/C16H17ClN2O3/c1-10-7-13(4-5-14(10)17)22-9-12-8-11(16(20)19-18)3-6-15(12)21-2/h3-8H,9,18H2,1-2H3,(H,19,20). The van der Waals surface area contributed by atoms with E-state index in [-0.39, 0.29) is 12.5 Å². The Labute approximate surface area is 134 Å². The zero-order valence-corrected chi connectivity index (χ0v) is 13.1. The van der Waals surface area contributed by atoms with Gasteiger partial charge in [0, 0.05) is 16.1 Å². The van der Waals surface area contributed by atoms with E-state index >= 15 is 0 Å². The summed E-state index contributed by atoms with van der Waals surface area (Å²) in [5.74, 6) is 6.11. The minimum atomic E-state index is -0.369. The molecule has 3 N–H and O–H groups in total. The van der Waals surface area contributed by atoms with Gasteiger partial charge in [-0.25, -0.2) is 5.84 Å². The Morgan fingerprint density at radius 2 is 2.05 bits per heavy atom. The highest BCUT2D eigenvalue weighted by atomic mass is 35.5. The van der Waals surface area contributed by atoms with Gasteiger partial charge in [0.2, 0.25) is 0 Å². The van der Waals surface area contributed by atoms with Crippen molar-refractivity contribution in [2.75, 3.05) is 7.11 Å². The summed E-state index contributed by atoms with van der Waals surface area (Å²) in [6, 6.07) is 10.4. The quantitative estimate of drug-likeness (QED) is 0.505. The normalized spacial score (nSPS) is 10.2. The SMILES string of the molecule is COc1ccc(C(=O)NN)cc1COc1ccc(Cl)c(C)c1. The molecule has 0 radical (unpaired) electrons. The van der Waals surface area contributed by atoms with Crippen molar-refractivity contribution in [3.8, 4) is 11.5 Å². The van der Waals surface area contributed by atoms with Crippen molar-refractivity contribution >= 4 is 17.5 Å². The largest absolute Gasteiger partial charge is 0.496 e. The minimum Gasteiger partial charge on any atom is -0.496 e. The van der Waals surface area contributed by atoms with Crippen LogP contribution in [0.5, 0.6) is 11.5 Å². The van der Waals surface area contributed by atoms with Crippen molar-refractivity contribution in [3.63, 3.8) is 0 Å². The molecule has 0 atom stereocenters. The van der Waals surface area contributed by atoms with E-state index in [1.807, 2.05) is 13.0 Å². The summed E-state index contributed by atoms with van der Waals surface area (Å²) in [5, 5.41) is 0.687. The fraction of sp³-hybridized carbons (Fsp3) is 0.188. The molecule has 0 spiro atoms. The lowest BCUT2D eigenvalue weighted by molar-refractivity contribution is 0.0953. The Kier molecular flexibility index (Phi) is 5.25. The number of hydrogen-bond acceptors (Lipinski definition) is 4. The van der Waals surface area contributed by atoms with Gasteiger partial charge in [-0.15, -0.1) is 0 Å². The molecule has 5 nitrogen and oxygen atoms in total. The first-order chi connectivity index (χ1) is 10.5. The summed E-state index contributed by atoms with van der Waals surface area (Å²) in [7, 11) is 1.56. The highest BCUT2D eigenvalue weighted by molar-refractivity contribution is 6.31. The highest BCUT2D eigenvalue weighted by Crippen LogP contribution is 2.25. The Balaban J connectivity index is 2.20. The molecule has 0 aliphatic rings. The summed E-state index contributed by atoms with van der Waals surface area (Å²) in [6.07, 6.45) is 0.